The van der Waals surface area contributed by atoms with Crippen molar-refractivity contribution in [3.05, 3.63) is 37.0 Å². The van der Waals surface area contributed by atoms with Gasteiger partial charge < -0.3 is 9.47 Å². The van der Waals surface area contributed by atoms with Crippen LogP contribution in [0.3, 0.4) is 0 Å². The molecule has 2 nitrogen and oxygen atoms in total. The van der Waals surface area contributed by atoms with Crippen LogP contribution >= 0.6 is 0 Å². The van der Waals surface area contributed by atoms with Gasteiger partial charge in [-0.1, -0.05) is 37.0 Å². The van der Waals surface area contributed by atoms with Crippen LogP contribution < -0.4 is 0 Å². The minimum Gasteiger partial charge on any atom is -0.381 e. The second kappa shape index (κ2) is 9.20. The third-order valence-electron chi connectivity index (χ3n) is 3.09. The number of hydrogen-bond donors (Lipinski definition) is 0. The first-order valence-electron chi connectivity index (χ1n) is 6.41. The van der Waals surface area contributed by atoms with Crippen molar-refractivity contribution in [1.82, 2.24) is 0 Å². The molecule has 0 amide bonds. The highest BCUT2D eigenvalue weighted by atomic mass is 16.5. The summed E-state index contributed by atoms with van der Waals surface area (Å²) < 4.78 is 10.8. The summed E-state index contributed by atoms with van der Waals surface area (Å²) in [6, 6.07) is 0. The summed E-state index contributed by atoms with van der Waals surface area (Å²) in [7, 11) is 1.72. The molecule has 1 heterocycles. The third kappa shape index (κ3) is 5.85. The van der Waals surface area contributed by atoms with Crippen molar-refractivity contribution in [3.8, 4) is 0 Å². The molecule has 17 heavy (non-hydrogen) atoms. The lowest BCUT2D eigenvalue weighted by Gasteiger charge is -2.30. The molecular formula is C15H24O2. The van der Waals surface area contributed by atoms with Gasteiger partial charge >= 0.3 is 0 Å². The predicted molar refractivity (Wildman–Crippen MR) is 72.1 cm³/mol. The molecule has 1 aliphatic rings. The molecule has 0 unspecified atom stereocenters. The smallest absolute Gasteiger partial charge is 0.0643 e. The van der Waals surface area contributed by atoms with Gasteiger partial charge in [-0.3, -0.25) is 0 Å². The van der Waals surface area contributed by atoms with Crippen LogP contribution in [0.5, 0.6) is 0 Å². The highest BCUT2D eigenvalue weighted by Gasteiger charge is 2.23. The first-order valence-corrected chi connectivity index (χ1v) is 6.41. The van der Waals surface area contributed by atoms with Crippen molar-refractivity contribution < 1.29 is 9.47 Å². The Hall–Kier alpha value is -0.860. The lowest BCUT2D eigenvalue weighted by Crippen LogP contribution is -2.28. The second-order valence-corrected chi connectivity index (χ2v) is 4.37. The molecule has 0 N–H and O–H groups in total. The highest BCUT2D eigenvalue weighted by Crippen LogP contribution is 2.26. The lowest BCUT2D eigenvalue weighted by molar-refractivity contribution is -0.0230. The molecule has 1 rings (SSSR count). The quantitative estimate of drug-likeness (QED) is 0.497. The minimum absolute atomic E-state index is 0.368. The summed E-state index contributed by atoms with van der Waals surface area (Å²) in [5.74, 6) is 0.645. The lowest BCUT2D eigenvalue weighted by atomic mass is 9.89. The zero-order valence-electron chi connectivity index (χ0n) is 10.8. The Morgan fingerprint density at radius 1 is 1.29 bits per heavy atom. The van der Waals surface area contributed by atoms with Gasteiger partial charge in [0.1, 0.15) is 0 Å². The van der Waals surface area contributed by atoms with Crippen LogP contribution in [0.15, 0.2) is 37.0 Å². The van der Waals surface area contributed by atoms with E-state index in [2.05, 4.69) is 24.8 Å². The maximum absolute atomic E-state index is 5.84. The first-order chi connectivity index (χ1) is 8.38. The number of ether oxygens (including phenoxy) is 2. The van der Waals surface area contributed by atoms with E-state index in [0.717, 1.165) is 19.4 Å². The Kier molecular flexibility index (Phi) is 7.69. The molecule has 0 aromatic heterocycles. The van der Waals surface area contributed by atoms with E-state index in [9.17, 15) is 0 Å². The van der Waals surface area contributed by atoms with E-state index in [1.807, 2.05) is 12.2 Å². The Morgan fingerprint density at radius 3 is 2.94 bits per heavy atom. The van der Waals surface area contributed by atoms with E-state index >= 15 is 0 Å². The molecule has 0 aromatic rings. The SMILES string of the molecule is C=C/C=C/C[C@@H]1OCCC[C@H]1C/C=C\COC. The summed E-state index contributed by atoms with van der Waals surface area (Å²) in [6.07, 6.45) is 15.2. The zero-order valence-corrected chi connectivity index (χ0v) is 10.8. The topological polar surface area (TPSA) is 18.5 Å². The van der Waals surface area contributed by atoms with Gasteiger partial charge in [0.05, 0.1) is 12.7 Å². The van der Waals surface area contributed by atoms with Crippen molar-refractivity contribution in [3.63, 3.8) is 0 Å². The van der Waals surface area contributed by atoms with E-state index in [0.29, 0.717) is 18.6 Å². The van der Waals surface area contributed by atoms with E-state index < -0.39 is 0 Å². The number of methoxy groups -OCH3 is 1. The highest BCUT2D eigenvalue weighted by molar-refractivity contribution is 4.99. The van der Waals surface area contributed by atoms with E-state index in [-0.39, 0.29) is 0 Å². The summed E-state index contributed by atoms with van der Waals surface area (Å²) in [6.45, 7) is 5.29. The number of allylic oxidation sites excluding steroid dienone is 3. The number of rotatable bonds is 7. The number of hydrogen-bond acceptors (Lipinski definition) is 2. The van der Waals surface area contributed by atoms with Gasteiger partial charge in [-0.2, -0.15) is 0 Å². The standard InChI is InChI=1S/C15H24O2/c1-3-4-5-11-15-14(10-8-13-17-15)9-6-7-12-16-2/h3-7,14-15H,1,8-13H2,2H3/b5-4+,7-6-/t14-,15+/m1/s1. The summed E-state index contributed by atoms with van der Waals surface area (Å²) in [5.41, 5.74) is 0. The normalized spacial score (nSPS) is 25.7. The molecule has 0 radical (unpaired) electrons. The first kappa shape index (κ1) is 14.2. The van der Waals surface area contributed by atoms with Crippen LogP contribution in [0, 0.1) is 5.92 Å². The molecule has 0 spiro atoms. The summed E-state index contributed by atoms with van der Waals surface area (Å²) >= 11 is 0. The maximum atomic E-state index is 5.84. The van der Waals surface area contributed by atoms with Gasteiger partial charge in [0.25, 0.3) is 0 Å². The fourth-order valence-electron chi connectivity index (χ4n) is 2.18. The van der Waals surface area contributed by atoms with Crippen LogP contribution in [-0.4, -0.2) is 26.4 Å². The monoisotopic (exact) mass is 236 g/mol. The zero-order chi connectivity index (χ0) is 12.3. The Bertz CT molecular complexity index is 256. The Balaban J connectivity index is 2.36. The average molecular weight is 236 g/mol. The Morgan fingerprint density at radius 2 is 2.18 bits per heavy atom. The molecule has 0 aromatic carbocycles. The van der Waals surface area contributed by atoms with Crippen LogP contribution in [0.2, 0.25) is 0 Å². The third-order valence-corrected chi connectivity index (χ3v) is 3.09. The van der Waals surface area contributed by atoms with E-state index in [1.165, 1.54) is 12.8 Å². The molecule has 1 saturated heterocycles. The van der Waals surface area contributed by atoms with Gasteiger partial charge in [-0.25, -0.2) is 0 Å². The molecule has 0 bridgehead atoms. The molecule has 0 aliphatic carbocycles. The molecule has 0 saturated carbocycles. The van der Waals surface area contributed by atoms with Crippen molar-refractivity contribution in [2.75, 3.05) is 20.3 Å². The predicted octanol–water partition coefficient (Wildman–Crippen LogP) is 3.51. The molecule has 1 aliphatic heterocycles. The van der Waals surface area contributed by atoms with Gasteiger partial charge in [-0.05, 0) is 31.6 Å². The van der Waals surface area contributed by atoms with Crippen molar-refractivity contribution >= 4 is 0 Å². The average Bonchev–Trinajstić information content (AvgIpc) is 2.36. The molecule has 1 fully saturated rings. The van der Waals surface area contributed by atoms with Gasteiger partial charge in [-0.15, -0.1) is 0 Å². The van der Waals surface area contributed by atoms with Crippen molar-refractivity contribution in [2.45, 2.75) is 31.8 Å². The minimum atomic E-state index is 0.368. The second-order valence-electron chi connectivity index (χ2n) is 4.37. The van der Waals surface area contributed by atoms with Gasteiger partial charge in [0.15, 0.2) is 0 Å². The molecule has 2 atom stereocenters. The van der Waals surface area contributed by atoms with E-state index in [4.69, 9.17) is 9.47 Å². The maximum Gasteiger partial charge on any atom is 0.0643 e. The van der Waals surface area contributed by atoms with Crippen LogP contribution in [0.4, 0.5) is 0 Å². The fourth-order valence-corrected chi connectivity index (χ4v) is 2.18. The van der Waals surface area contributed by atoms with Crippen LogP contribution in [0.25, 0.3) is 0 Å². The van der Waals surface area contributed by atoms with Gasteiger partial charge in [0.2, 0.25) is 0 Å². The van der Waals surface area contributed by atoms with Crippen LogP contribution in [-0.2, 0) is 9.47 Å². The summed E-state index contributed by atoms with van der Waals surface area (Å²) in [4.78, 5) is 0. The molecular weight excluding hydrogens is 212 g/mol. The van der Waals surface area contributed by atoms with E-state index in [1.54, 1.807) is 7.11 Å². The fraction of sp³-hybridized carbons (Fsp3) is 0.600. The largest absolute Gasteiger partial charge is 0.381 e. The molecule has 2 heteroatoms. The van der Waals surface area contributed by atoms with Crippen LogP contribution in [0.1, 0.15) is 25.7 Å². The summed E-state index contributed by atoms with van der Waals surface area (Å²) in [5, 5.41) is 0. The van der Waals surface area contributed by atoms with Gasteiger partial charge in [0, 0.05) is 13.7 Å². The Labute approximate surface area is 105 Å². The molecule has 96 valence electrons. The van der Waals surface area contributed by atoms with Crippen molar-refractivity contribution in [2.24, 2.45) is 5.92 Å². The van der Waals surface area contributed by atoms with Crippen molar-refractivity contribution in [1.29, 1.82) is 0 Å².